The summed E-state index contributed by atoms with van der Waals surface area (Å²) in [6, 6.07) is -0.173. The molecule has 0 aromatic carbocycles. The van der Waals surface area contributed by atoms with E-state index >= 15 is 0 Å². The first-order valence-electron chi connectivity index (χ1n) is 8.12. The molecule has 0 aliphatic carbocycles. The van der Waals surface area contributed by atoms with E-state index in [-0.39, 0.29) is 29.3 Å². The molecule has 0 aromatic heterocycles. The van der Waals surface area contributed by atoms with Crippen molar-refractivity contribution in [2.75, 3.05) is 19.6 Å². The predicted molar refractivity (Wildman–Crippen MR) is 82.6 cm³/mol. The van der Waals surface area contributed by atoms with E-state index in [0.717, 1.165) is 32.2 Å². The van der Waals surface area contributed by atoms with Crippen LogP contribution in [0.25, 0.3) is 0 Å². The number of hydrogen-bond acceptors (Lipinski definition) is 3. The van der Waals surface area contributed by atoms with Crippen molar-refractivity contribution in [3.05, 3.63) is 0 Å². The number of amides is 2. The normalized spacial score (nSPS) is 27.0. The van der Waals surface area contributed by atoms with Crippen LogP contribution in [-0.2, 0) is 9.59 Å². The second kappa shape index (κ2) is 6.34. The SMILES string of the molecule is CC(C)(C)CC(=O)N1CCCC1C(=O)N1CCCC(N)C1. The monoisotopic (exact) mass is 295 g/mol. The zero-order valence-electron chi connectivity index (χ0n) is 13.6. The summed E-state index contributed by atoms with van der Waals surface area (Å²) in [6.45, 7) is 8.30. The fraction of sp³-hybridized carbons (Fsp3) is 0.875. The molecule has 2 rings (SSSR count). The predicted octanol–water partition coefficient (Wildman–Crippen LogP) is 1.36. The third-order valence-corrected chi connectivity index (χ3v) is 4.31. The Morgan fingerprint density at radius 1 is 1.14 bits per heavy atom. The quantitative estimate of drug-likeness (QED) is 0.836. The van der Waals surface area contributed by atoms with Crippen LogP contribution in [0.1, 0.15) is 52.9 Å². The summed E-state index contributed by atoms with van der Waals surface area (Å²) < 4.78 is 0. The molecule has 0 aromatic rings. The molecule has 0 radical (unpaired) electrons. The minimum Gasteiger partial charge on any atom is -0.339 e. The number of nitrogens with zero attached hydrogens (tertiary/aromatic N) is 2. The van der Waals surface area contributed by atoms with E-state index in [0.29, 0.717) is 19.5 Å². The highest BCUT2D eigenvalue weighted by Gasteiger charge is 2.38. The maximum atomic E-state index is 12.7. The Labute approximate surface area is 127 Å². The van der Waals surface area contributed by atoms with Gasteiger partial charge < -0.3 is 15.5 Å². The summed E-state index contributed by atoms with van der Waals surface area (Å²) in [7, 11) is 0. The third kappa shape index (κ3) is 4.19. The highest BCUT2D eigenvalue weighted by molar-refractivity contribution is 5.88. The molecule has 2 aliphatic heterocycles. The number of carbonyl (C=O) groups is 2. The molecule has 2 N–H and O–H groups in total. The van der Waals surface area contributed by atoms with E-state index in [1.54, 1.807) is 4.90 Å². The van der Waals surface area contributed by atoms with Crippen molar-refractivity contribution in [3.63, 3.8) is 0 Å². The first kappa shape index (κ1) is 16.3. The lowest BCUT2D eigenvalue weighted by Crippen LogP contribution is -2.53. The second-order valence-corrected chi connectivity index (χ2v) is 7.67. The molecule has 5 heteroatoms. The van der Waals surface area contributed by atoms with Gasteiger partial charge in [-0.15, -0.1) is 0 Å². The van der Waals surface area contributed by atoms with Crippen LogP contribution in [0.15, 0.2) is 0 Å². The van der Waals surface area contributed by atoms with Crippen molar-refractivity contribution >= 4 is 11.8 Å². The van der Waals surface area contributed by atoms with Crippen molar-refractivity contribution < 1.29 is 9.59 Å². The van der Waals surface area contributed by atoms with Crippen LogP contribution < -0.4 is 5.73 Å². The average Bonchev–Trinajstić information content (AvgIpc) is 2.85. The molecule has 2 unspecified atom stereocenters. The molecule has 0 spiro atoms. The minimum absolute atomic E-state index is 0.0409. The molecule has 2 fully saturated rings. The van der Waals surface area contributed by atoms with Gasteiger partial charge in [-0.3, -0.25) is 9.59 Å². The Hall–Kier alpha value is -1.10. The highest BCUT2D eigenvalue weighted by Crippen LogP contribution is 2.26. The Bertz CT molecular complexity index is 403. The summed E-state index contributed by atoms with van der Waals surface area (Å²) in [4.78, 5) is 28.8. The average molecular weight is 295 g/mol. The smallest absolute Gasteiger partial charge is 0.245 e. The van der Waals surface area contributed by atoms with Crippen LogP contribution in [-0.4, -0.2) is 53.3 Å². The highest BCUT2D eigenvalue weighted by atomic mass is 16.2. The fourth-order valence-electron chi connectivity index (χ4n) is 3.30. The summed E-state index contributed by atoms with van der Waals surface area (Å²) in [5.74, 6) is 0.213. The summed E-state index contributed by atoms with van der Waals surface area (Å²) in [6.07, 6.45) is 4.17. The standard InChI is InChI=1S/C16H29N3O2/c1-16(2,3)10-14(20)19-9-5-7-13(19)15(21)18-8-4-6-12(17)11-18/h12-13H,4-11,17H2,1-3H3. The fourth-order valence-corrected chi connectivity index (χ4v) is 3.30. The van der Waals surface area contributed by atoms with Gasteiger partial charge in [0.2, 0.25) is 11.8 Å². The van der Waals surface area contributed by atoms with Crippen LogP contribution in [0.2, 0.25) is 0 Å². The van der Waals surface area contributed by atoms with Crippen molar-refractivity contribution in [2.45, 2.75) is 65.0 Å². The number of rotatable bonds is 2. The molecule has 2 saturated heterocycles. The zero-order chi connectivity index (χ0) is 15.6. The van der Waals surface area contributed by atoms with Crippen LogP contribution >= 0.6 is 0 Å². The lowest BCUT2D eigenvalue weighted by molar-refractivity contribution is -0.145. The van der Waals surface area contributed by atoms with Crippen molar-refractivity contribution in [1.29, 1.82) is 0 Å². The summed E-state index contributed by atoms with van der Waals surface area (Å²) in [5.41, 5.74) is 5.92. The van der Waals surface area contributed by atoms with Crippen LogP contribution in [0.3, 0.4) is 0 Å². The van der Waals surface area contributed by atoms with E-state index in [4.69, 9.17) is 5.73 Å². The van der Waals surface area contributed by atoms with Crippen molar-refractivity contribution in [1.82, 2.24) is 9.80 Å². The lowest BCUT2D eigenvalue weighted by atomic mass is 9.91. The summed E-state index contributed by atoms with van der Waals surface area (Å²) in [5, 5.41) is 0. The number of carbonyl (C=O) groups excluding carboxylic acids is 2. The van der Waals surface area contributed by atoms with Crippen LogP contribution in [0, 0.1) is 5.41 Å². The first-order chi connectivity index (χ1) is 9.78. The van der Waals surface area contributed by atoms with Crippen molar-refractivity contribution in [2.24, 2.45) is 11.1 Å². The van der Waals surface area contributed by atoms with E-state index in [1.807, 2.05) is 4.90 Å². The van der Waals surface area contributed by atoms with Gasteiger partial charge in [-0.25, -0.2) is 0 Å². The molecule has 2 heterocycles. The Morgan fingerprint density at radius 2 is 1.81 bits per heavy atom. The molecular weight excluding hydrogens is 266 g/mol. The largest absolute Gasteiger partial charge is 0.339 e. The molecule has 21 heavy (non-hydrogen) atoms. The number of hydrogen-bond donors (Lipinski definition) is 1. The van der Waals surface area contributed by atoms with Gasteiger partial charge in [0.1, 0.15) is 6.04 Å². The number of nitrogens with two attached hydrogens (primary N) is 1. The molecule has 120 valence electrons. The summed E-state index contributed by atoms with van der Waals surface area (Å²) >= 11 is 0. The molecule has 0 bridgehead atoms. The first-order valence-corrected chi connectivity index (χ1v) is 8.12. The van der Waals surface area contributed by atoms with E-state index in [1.165, 1.54) is 0 Å². The van der Waals surface area contributed by atoms with E-state index in [2.05, 4.69) is 20.8 Å². The lowest BCUT2D eigenvalue weighted by Gasteiger charge is -2.35. The van der Waals surface area contributed by atoms with Gasteiger partial charge in [-0.2, -0.15) is 0 Å². The zero-order valence-corrected chi connectivity index (χ0v) is 13.6. The number of likely N-dealkylation sites (tertiary alicyclic amines) is 2. The van der Waals surface area contributed by atoms with Gasteiger partial charge in [0, 0.05) is 32.1 Å². The van der Waals surface area contributed by atoms with Gasteiger partial charge in [-0.1, -0.05) is 20.8 Å². The second-order valence-electron chi connectivity index (χ2n) is 7.67. The van der Waals surface area contributed by atoms with Gasteiger partial charge >= 0.3 is 0 Å². The third-order valence-electron chi connectivity index (χ3n) is 4.31. The molecule has 2 amide bonds. The molecule has 2 atom stereocenters. The maximum absolute atomic E-state index is 12.7. The molecule has 5 nitrogen and oxygen atoms in total. The Morgan fingerprint density at radius 3 is 2.43 bits per heavy atom. The molecular formula is C16H29N3O2. The van der Waals surface area contributed by atoms with E-state index < -0.39 is 0 Å². The number of piperidine rings is 1. The Kier molecular flexibility index (Phi) is 4.91. The van der Waals surface area contributed by atoms with Gasteiger partial charge in [0.05, 0.1) is 0 Å². The maximum Gasteiger partial charge on any atom is 0.245 e. The van der Waals surface area contributed by atoms with Gasteiger partial charge in [0.15, 0.2) is 0 Å². The van der Waals surface area contributed by atoms with Crippen LogP contribution in [0.5, 0.6) is 0 Å². The van der Waals surface area contributed by atoms with Gasteiger partial charge in [0.25, 0.3) is 0 Å². The molecule has 2 aliphatic rings. The minimum atomic E-state index is -0.259. The van der Waals surface area contributed by atoms with E-state index in [9.17, 15) is 9.59 Å². The van der Waals surface area contributed by atoms with Crippen molar-refractivity contribution in [3.8, 4) is 0 Å². The van der Waals surface area contributed by atoms with Gasteiger partial charge in [-0.05, 0) is 31.1 Å². The topological polar surface area (TPSA) is 66.6 Å². The Balaban J connectivity index is 2.00. The van der Waals surface area contributed by atoms with Crippen LogP contribution in [0.4, 0.5) is 0 Å². The molecule has 0 saturated carbocycles.